The highest BCUT2D eigenvalue weighted by atomic mass is 16.2. The van der Waals surface area contributed by atoms with Crippen molar-refractivity contribution in [3.05, 3.63) is 35.9 Å². The number of fused-ring (bicyclic) bond motifs is 1. The van der Waals surface area contributed by atoms with E-state index in [1.165, 1.54) is 0 Å². The summed E-state index contributed by atoms with van der Waals surface area (Å²) in [5.74, 6) is 0.0249. The van der Waals surface area contributed by atoms with Crippen LogP contribution in [0.3, 0.4) is 0 Å². The van der Waals surface area contributed by atoms with Crippen molar-refractivity contribution in [2.24, 2.45) is 5.92 Å². The summed E-state index contributed by atoms with van der Waals surface area (Å²) in [6.07, 6.45) is 1.54. The van der Waals surface area contributed by atoms with Crippen LogP contribution in [-0.2, 0) is 9.59 Å². The van der Waals surface area contributed by atoms with Crippen LogP contribution in [0.15, 0.2) is 30.3 Å². The Labute approximate surface area is 99.8 Å². The van der Waals surface area contributed by atoms with Crippen LogP contribution >= 0.6 is 0 Å². The van der Waals surface area contributed by atoms with Gasteiger partial charge >= 0.3 is 0 Å². The Hall–Kier alpha value is -1.68. The van der Waals surface area contributed by atoms with Gasteiger partial charge in [0.2, 0.25) is 5.91 Å². The number of rotatable bonds is 2. The van der Waals surface area contributed by atoms with Crippen molar-refractivity contribution in [1.82, 2.24) is 10.0 Å². The second-order valence-electron chi connectivity index (χ2n) is 4.54. The average Bonchev–Trinajstić information content (AvgIpc) is 2.90. The van der Waals surface area contributed by atoms with Gasteiger partial charge in [-0.1, -0.05) is 30.3 Å². The van der Waals surface area contributed by atoms with Crippen molar-refractivity contribution < 1.29 is 9.59 Å². The highest BCUT2D eigenvalue weighted by Crippen LogP contribution is 2.38. The van der Waals surface area contributed by atoms with Crippen molar-refractivity contribution in [2.75, 3.05) is 13.1 Å². The number of hydrogen-bond donors (Lipinski definition) is 0. The molecule has 4 heteroatoms. The molecular formula is C13H14N2O2. The lowest BCUT2D eigenvalue weighted by molar-refractivity contribution is -0.135. The van der Waals surface area contributed by atoms with E-state index in [1.807, 2.05) is 35.3 Å². The first-order valence-corrected chi connectivity index (χ1v) is 5.88. The molecular weight excluding hydrogens is 216 g/mol. The number of hydrazine groups is 1. The molecule has 2 heterocycles. The van der Waals surface area contributed by atoms with Gasteiger partial charge in [0.15, 0.2) is 0 Å². The van der Waals surface area contributed by atoms with Crippen LogP contribution in [-0.4, -0.2) is 35.3 Å². The minimum atomic E-state index is -0.110. The van der Waals surface area contributed by atoms with Gasteiger partial charge < -0.3 is 4.79 Å². The van der Waals surface area contributed by atoms with E-state index in [-0.39, 0.29) is 17.9 Å². The van der Waals surface area contributed by atoms with Crippen molar-refractivity contribution in [3.8, 4) is 0 Å². The maximum absolute atomic E-state index is 11.7. The van der Waals surface area contributed by atoms with Crippen molar-refractivity contribution >= 4 is 12.2 Å². The molecule has 0 bridgehead atoms. The lowest BCUT2D eigenvalue weighted by Gasteiger charge is -2.25. The monoisotopic (exact) mass is 230 g/mol. The van der Waals surface area contributed by atoms with E-state index >= 15 is 0 Å². The maximum Gasteiger partial charge on any atom is 0.238 e. The summed E-state index contributed by atoms with van der Waals surface area (Å²) in [5, 5.41) is 3.77. The van der Waals surface area contributed by atoms with Gasteiger partial charge in [0.05, 0.1) is 12.0 Å². The lowest BCUT2D eigenvalue weighted by Crippen LogP contribution is -2.33. The molecule has 0 spiro atoms. The molecule has 0 saturated carbocycles. The number of benzene rings is 1. The fourth-order valence-corrected chi connectivity index (χ4v) is 2.81. The summed E-state index contributed by atoms with van der Waals surface area (Å²) in [4.78, 5) is 22.8. The Morgan fingerprint density at radius 3 is 2.71 bits per heavy atom. The molecule has 2 saturated heterocycles. The largest absolute Gasteiger partial charge is 0.303 e. The topological polar surface area (TPSA) is 40.6 Å². The normalized spacial score (nSPS) is 28.5. The zero-order chi connectivity index (χ0) is 11.8. The highest BCUT2D eigenvalue weighted by Gasteiger charge is 2.45. The van der Waals surface area contributed by atoms with Crippen LogP contribution < -0.4 is 0 Å². The molecule has 4 nitrogen and oxygen atoms in total. The average molecular weight is 230 g/mol. The van der Waals surface area contributed by atoms with E-state index in [1.54, 1.807) is 5.01 Å². The van der Waals surface area contributed by atoms with E-state index < -0.39 is 0 Å². The maximum atomic E-state index is 11.7. The molecule has 88 valence electrons. The molecule has 1 aromatic rings. The summed E-state index contributed by atoms with van der Waals surface area (Å²) in [7, 11) is 0. The van der Waals surface area contributed by atoms with E-state index in [9.17, 15) is 9.59 Å². The zero-order valence-electron chi connectivity index (χ0n) is 9.45. The molecule has 1 aromatic carbocycles. The van der Waals surface area contributed by atoms with E-state index in [2.05, 4.69) is 0 Å². The third-order valence-corrected chi connectivity index (χ3v) is 3.58. The van der Waals surface area contributed by atoms with Gasteiger partial charge in [-0.05, 0) is 5.56 Å². The third-order valence-electron chi connectivity index (χ3n) is 3.58. The van der Waals surface area contributed by atoms with Crippen LogP contribution in [0.25, 0.3) is 0 Å². The fourth-order valence-electron chi connectivity index (χ4n) is 2.81. The first-order chi connectivity index (χ1) is 8.31. The van der Waals surface area contributed by atoms with Gasteiger partial charge in [0.1, 0.15) is 6.29 Å². The van der Waals surface area contributed by atoms with Crippen molar-refractivity contribution in [2.45, 2.75) is 12.5 Å². The second-order valence-corrected chi connectivity index (χ2v) is 4.54. The molecule has 0 aliphatic carbocycles. The minimum Gasteiger partial charge on any atom is -0.303 e. The van der Waals surface area contributed by atoms with E-state index in [0.29, 0.717) is 13.0 Å². The number of amides is 1. The number of aldehydes is 1. The van der Waals surface area contributed by atoms with Crippen LogP contribution in [0.4, 0.5) is 0 Å². The molecule has 0 radical (unpaired) electrons. The highest BCUT2D eigenvalue weighted by molar-refractivity contribution is 5.79. The molecule has 3 rings (SSSR count). The molecule has 2 fully saturated rings. The lowest BCUT2D eigenvalue weighted by atomic mass is 9.95. The van der Waals surface area contributed by atoms with Crippen molar-refractivity contribution in [1.29, 1.82) is 0 Å². The molecule has 2 aliphatic heterocycles. The summed E-state index contributed by atoms with van der Waals surface area (Å²) < 4.78 is 0. The Bertz CT molecular complexity index is 446. The Morgan fingerprint density at radius 2 is 2.00 bits per heavy atom. The number of hydrogen-bond acceptors (Lipinski definition) is 3. The van der Waals surface area contributed by atoms with Gasteiger partial charge in [-0.25, -0.2) is 5.01 Å². The van der Waals surface area contributed by atoms with Gasteiger partial charge in [-0.3, -0.25) is 9.80 Å². The molecule has 0 N–H and O–H groups in total. The summed E-state index contributed by atoms with van der Waals surface area (Å²) in [5.41, 5.74) is 1.11. The first-order valence-electron chi connectivity index (χ1n) is 5.88. The predicted molar refractivity (Wildman–Crippen MR) is 61.8 cm³/mol. The SMILES string of the molecule is O=C[C@@H]1CN2C(=O)CCN2[C@@H]1c1ccccc1. The van der Waals surface area contributed by atoms with Gasteiger partial charge in [-0.2, -0.15) is 0 Å². The number of nitrogens with zero attached hydrogens (tertiary/aromatic N) is 2. The predicted octanol–water partition coefficient (Wildman–Crippen LogP) is 1.01. The molecule has 1 amide bonds. The van der Waals surface area contributed by atoms with Gasteiger partial charge in [0, 0.05) is 19.5 Å². The fraction of sp³-hybridized carbons (Fsp3) is 0.385. The zero-order valence-corrected chi connectivity index (χ0v) is 9.45. The van der Waals surface area contributed by atoms with Crippen LogP contribution in [0, 0.1) is 5.92 Å². The van der Waals surface area contributed by atoms with E-state index in [4.69, 9.17) is 0 Å². The first kappa shape index (κ1) is 10.5. The van der Waals surface area contributed by atoms with Crippen LogP contribution in [0.1, 0.15) is 18.0 Å². The Kier molecular flexibility index (Phi) is 2.44. The molecule has 2 aliphatic rings. The third kappa shape index (κ3) is 1.56. The van der Waals surface area contributed by atoms with Gasteiger partial charge in [0.25, 0.3) is 0 Å². The minimum absolute atomic E-state index is 0.0279. The second kappa shape index (κ2) is 3.96. The van der Waals surface area contributed by atoms with Crippen LogP contribution in [0.2, 0.25) is 0 Å². The molecule has 17 heavy (non-hydrogen) atoms. The number of carbonyl (C=O) groups is 2. The standard InChI is InChI=1S/C13H14N2O2/c16-9-11-8-15-12(17)6-7-14(15)13(11)10-4-2-1-3-5-10/h1-5,9,11,13H,6-8H2/t11-,13+/m0/s1. The van der Waals surface area contributed by atoms with E-state index in [0.717, 1.165) is 18.4 Å². The van der Waals surface area contributed by atoms with Crippen LogP contribution in [0.5, 0.6) is 0 Å². The Balaban J connectivity index is 1.96. The summed E-state index contributed by atoms with van der Waals surface area (Å²) in [6.45, 7) is 1.25. The molecule has 0 aromatic heterocycles. The molecule has 0 unspecified atom stereocenters. The van der Waals surface area contributed by atoms with Gasteiger partial charge in [-0.15, -0.1) is 0 Å². The number of carbonyl (C=O) groups excluding carboxylic acids is 2. The summed E-state index contributed by atoms with van der Waals surface area (Å²) in [6, 6.07) is 9.97. The Morgan fingerprint density at radius 1 is 1.24 bits per heavy atom. The summed E-state index contributed by atoms with van der Waals surface area (Å²) >= 11 is 0. The molecule has 2 atom stereocenters. The van der Waals surface area contributed by atoms with Crippen molar-refractivity contribution in [3.63, 3.8) is 0 Å². The quantitative estimate of drug-likeness (QED) is 0.712. The smallest absolute Gasteiger partial charge is 0.238 e.